The fraction of sp³-hybridized carbons (Fsp3) is 0.400. The van der Waals surface area contributed by atoms with Crippen molar-refractivity contribution in [2.24, 2.45) is 0 Å². The van der Waals surface area contributed by atoms with E-state index in [1.165, 1.54) is 10.4 Å². The summed E-state index contributed by atoms with van der Waals surface area (Å²) in [5.41, 5.74) is 2.33. The molecule has 0 radical (unpaired) electrons. The Balaban J connectivity index is 1.43. The van der Waals surface area contributed by atoms with Crippen LogP contribution in [0.1, 0.15) is 23.6 Å². The first-order valence-electron chi connectivity index (χ1n) is 7.49. The highest BCUT2D eigenvalue weighted by Crippen LogP contribution is 2.26. The molecule has 4 heterocycles. The summed E-state index contributed by atoms with van der Waals surface area (Å²) in [5, 5.41) is 17.5. The van der Waals surface area contributed by atoms with Crippen LogP contribution >= 0.6 is 11.3 Å². The lowest BCUT2D eigenvalue weighted by Gasteiger charge is -2.23. The number of fused-ring (bicyclic) bond motifs is 1. The largest absolute Gasteiger partial charge is 0.308 e. The van der Waals surface area contributed by atoms with Gasteiger partial charge in [-0.1, -0.05) is 6.07 Å². The minimum Gasteiger partial charge on any atom is -0.308 e. The van der Waals surface area contributed by atoms with E-state index >= 15 is 0 Å². The molecule has 3 aromatic heterocycles. The van der Waals surface area contributed by atoms with Crippen molar-refractivity contribution in [1.82, 2.24) is 30.3 Å². The molecule has 1 aliphatic heterocycles. The Morgan fingerprint density at radius 1 is 1.50 bits per heavy atom. The van der Waals surface area contributed by atoms with E-state index < -0.39 is 0 Å². The molecule has 4 rings (SSSR count). The maximum absolute atomic E-state index is 4.45. The molecule has 0 bridgehead atoms. The predicted octanol–water partition coefficient (Wildman–Crippen LogP) is 2.14. The fourth-order valence-electron chi connectivity index (χ4n) is 2.93. The van der Waals surface area contributed by atoms with Gasteiger partial charge in [-0.05, 0) is 24.8 Å². The molecule has 6 nitrogen and oxygen atoms in total. The molecule has 22 heavy (non-hydrogen) atoms. The first-order chi connectivity index (χ1) is 10.8. The molecule has 0 fully saturated rings. The number of thiophene rings is 1. The summed E-state index contributed by atoms with van der Waals surface area (Å²) in [6.45, 7) is 3.66. The van der Waals surface area contributed by atoms with Crippen LogP contribution in [0, 0.1) is 6.92 Å². The summed E-state index contributed by atoms with van der Waals surface area (Å²) in [5.74, 6) is 1.98. The van der Waals surface area contributed by atoms with E-state index in [2.05, 4.69) is 43.1 Å². The second-order valence-corrected chi connectivity index (χ2v) is 6.57. The van der Waals surface area contributed by atoms with Gasteiger partial charge >= 0.3 is 0 Å². The molecule has 2 N–H and O–H groups in total. The van der Waals surface area contributed by atoms with Gasteiger partial charge in [0, 0.05) is 24.6 Å². The zero-order chi connectivity index (χ0) is 14.9. The Kier molecular flexibility index (Phi) is 3.51. The van der Waals surface area contributed by atoms with Gasteiger partial charge in [0.2, 0.25) is 0 Å². The average Bonchev–Trinajstić information content (AvgIpc) is 3.23. The van der Waals surface area contributed by atoms with Crippen LogP contribution in [0.2, 0.25) is 0 Å². The molecule has 0 aliphatic carbocycles. The van der Waals surface area contributed by atoms with Crippen LogP contribution in [0.25, 0.3) is 10.6 Å². The van der Waals surface area contributed by atoms with Gasteiger partial charge in [0.15, 0.2) is 0 Å². The number of aryl methyl sites for hydroxylation is 2. The Bertz CT molecular complexity index is 757. The minimum atomic E-state index is 0.430. The summed E-state index contributed by atoms with van der Waals surface area (Å²) in [6, 6.07) is 4.61. The molecule has 3 aromatic rings. The lowest BCUT2D eigenvalue weighted by Crippen LogP contribution is -2.37. The van der Waals surface area contributed by atoms with Gasteiger partial charge in [0.1, 0.15) is 11.6 Å². The molecular formula is C15H18N6S. The standard InChI is InChI=1S/C15H18N6S/c1-10-18-14-5-4-12(9-21(14)20-10)16-7-11-8-17-19-15(11)13-3-2-6-22-13/h2-3,6,8,12,16H,4-5,7,9H2,1H3,(H,17,19)/t12-/m1/s1. The maximum atomic E-state index is 4.45. The molecule has 1 atom stereocenters. The summed E-state index contributed by atoms with van der Waals surface area (Å²) in [7, 11) is 0. The number of aromatic amines is 1. The summed E-state index contributed by atoms with van der Waals surface area (Å²) < 4.78 is 2.03. The lowest BCUT2D eigenvalue weighted by molar-refractivity contribution is 0.358. The SMILES string of the molecule is Cc1nc2n(n1)C[C@H](NCc1cn[nH]c1-c1cccs1)CC2. The van der Waals surface area contributed by atoms with Crippen LogP contribution < -0.4 is 5.32 Å². The van der Waals surface area contributed by atoms with Gasteiger partial charge in [0.25, 0.3) is 0 Å². The quantitative estimate of drug-likeness (QED) is 0.774. The third-order valence-electron chi connectivity index (χ3n) is 4.03. The number of rotatable bonds is 4. The molecule has 0 saturated carbocycles. The number of nitrogens with zero attached hydrogens (tertiary/aromatic N) is 4. The Hall–Kier alpha value is -1.99. The molecule has 1 aliphatic rings. The monoisotopic (exact) mass is 314 g/mol. The van der Waals surface area contributed by atoms with E-state index in [4.69, 9.17) is 0 Å². The van der Waals surface area contributed by atoms with E-state index in [1.54, 1.807) is 11.3 Å². The third-order valence-corrected chi connectivity index (χ3v) is 4.92. The van der Waals surface area contributed by atoms with E-state index in [-0.39, 0.29) is 0 Å². The van der Waals surface area contributed by atoms with E-state index in [9.17, 15) is 0 Å². The molecule has 0 aromatic carbocycles. The van der Waals surface area contributed by atoms with Crippen molar-refractivity contribution in [2.75, 3.05) is 0 Å². The highest BCUT2D eigenvalue weighted by molar-refractivity contribution is 7.13. The molecule has 0 saturated heterocycles. The predicted molar refractivity (Wildman–Crippen MR) is 85.6 cm³/mol. The second-order valence-electron chi connectivity index (χ2n) is 5.62. The van der Waals surface area contributed by atoms with Crippen molar-refractivity contribution in [3.05, 3.63) is 40.9 Å². The van der Waals surface area contributed by atoms with Crippen molar-refractivity contribution in [3.8, 4) is 10.6 Å². The number of H-pyrrole nitrogens is 1. The van der Waals surface area contributed by atoms with Gasteiger partial charge in [-0.25, -0.2) is 9.67 Å². The van der Waals surface area contributed by atoms with E-state index in [0.717, 1.165) is 43.3 Å². The molecule has 0 amide bonds. The van der Waals surface area contributed by atoms with Crippen molar-refractivity contribution in [2.45, 2.75) is 38.9 Å². The number of hydrogen-bond donors (Lipinski definition) is 2. The Morgan fingerprint density at radius 2 is 2.45 bits per heavy atom. The average molecular weight is 314 g/mol. The normalized spacial score (nSPS) is 17.6. The zero-order valence-corrected chi connectivity index (χ0v) is 13.2. The molecule has 114 valence electrons. The van der Waals surface area contributed by atoms with Gasteiger partial charge < -0.3 is 5.32 Å². The smallest absolute Gasteiger partial charge is 0.147 e. The fourth-order valence-corrected chi connectivity index (χ4v) is 3.69. The third kappa shape index (κ3) is 2.57. The number of aromatic nitrogens is 5. The molecule has 0 unspecified atom stereocenters. The second kappa shape index (κ2) is 5.66. The molecule has 7 heteroatoms. The van der Waals surface area contributed by atoms with E-state index in [0.29, 0.717) is 6.04 Å². The summed E-state index contributed by atoms with van der Waals surface area (Å²) in [4.78, 5) is 5.68. The van der Waals surface area contributed by atoms with Gasteiger partial charge in [-0.2, -0.15) is 10.2 Å². The van der Waals surface area contributed by atoms with Crippen LogP contribution in [-0.2, 0) is 19.5 Å². The van der Waals surface area contributed by atoms with Crippen molar-refractivity contribution >= 4 is 11.3 Å². The zero-order valence-electron chi connectivity index (χ0n) is 12.4. The van der Waals surface area contributed by atoms with Crippen molar-refractivity contribution in [3.63, 3.8) is 0 Å². The van der Waals surface area contributed by atoms with Gasteiger partial charge in [-0.3, -0.25) is 5.10 Å². The minimum absolute atomic E-state index is 0.430. The first kappa shape index (κ1) is 13.7. The van der Waals surface area contributed by atoms with Crippen molar-refractivity contribution < 1.29 is 0 Å². The van der Waals surface area contributed by atoms with Gasteiger partial charge in [-0.15, -0.1) is 11.3 Å². The summed E-state index contributed by atoms with van der Waals surface area (Å²) >= 11 is 1.73. The maximum Gasteiger partial charge on any atom is 0.147 e. The van der Waals surface area contributed by atoms with Crippen LogP contribution in [0.3, 0.4) is 0 Å². The van der Waals surface area contributed by atoms with E-state index in [1.807, 2.05) is 17.8 Å². The number of hydrogen-bond acceptors (Lipinski definition) is 5. The van der Waals surface area contributed by atoms with Crippen LogP contribution in [0.4, 0.5) is 0 Å². The number of nitrogens with one attached hydrogen (secondary N) is 2. The van der Waals surface area contributed by atoms with Crippen LogP contribution in [0.15, 0.2) is 23.7 Å². The molecular weight excluding hydrogens is 296 g/mol. The molecule has 0 spiro atoms. The lowest BCUT2D eigenvalue weighted by atomic mass is 10.1. The Labute approximate surface area is 132 Å². The van der Waals surface area contributed by atoms with Crippen molar-refractivity contribution in [1.29, 1.82) is 0 Å². The van der Waals surface area contributed by atoms with Crippen LogP contribution in [0.5, 0.6) is 0 Å². The topological polar surface area (TPSA) is 71.4 Å². The highest BCUT2D eigenvalue weighted by atomic mass is 32.1. The first-order valence-corrected chi connectivity index (χ1v) is 8.37. The summed E-state index contributed by atoms with van der Waals surface area (Å²) in [6.07, 6.45) is 4.00. The van der Waals surface area contributed by atoms with Crippen LogP contribution in [-0.4, -0.2) is 31.0 Å². The highest BCUT2D eigenvalue weighted by Gasteiger charge is 2.21. The Morgan fingerprint density at radius 3 is 3.32 bits per heavy atom. The van der Waals surface area contributed by atoms with Gasteiger partial charge in [0.05, 0.1) is 23.3 Å².